The third-order valence-electron chi connectivity index (χ3n) is 5.87. The third kappa shape index (κ3) is 1.71. The van der Waals surface area contributed by atoms with E-state index >= 15 is 0 Å². The summed E-state index contributed by atoms with van der Waals surface area (Å²) in [6, 6.07) is 8.11. The van der Waals surface area contributed by atoms with Crippen molar-refractivity contribution in [1.29, 1.82) is 0 Å². The SMILES string of the molecule is CCOC(=O)C(C)[C@@]12C[C@H]3COC(=O)N3[C@@H]1N(C)c1ccccc12. The quantitative estimate of drug-likeness (QED) is 0.795. The van der Waals surface area contributed by atoms with Gasteiger partial charge < -0.3 is 14.4 Å². The maximum atomic E-state index is 12.6. The molecule has 4 rings (SSSR count). The molecule has 1 unspecified atom stereocenters. The van der Waals surface area contributed by atoms with E-state index in [2.05, 4.69) is 11.0 Å². The highest BCUT2D eigenvalue weighted by Gasteiger charge is 2.66. The second kappa shape index (κ2) is 5.13. The molecule has 0 radical (unpaired) electrons. The lowest BCUT2D eigenvalue weighted by Crippen LogP contribution is -2.53. The van der Waals surface area contributed by atoms with E-state index in [1.54, 1.807) is 0 Å². The summed E-state index contributed by atoms with van der Waals surface area (Å²) in [7, 11) is 1.98. The first-order valence-corrected chi connectivity index (χ1v) is 8.46. The van der Waals surface area contributed by atoms with Crippen LogP contribution in [0.5, 0.6) is 0 Å². The molecule has 0 aliphatic carbocycles. The minimum Gasteiger partial charge on any atom is -0.466 e. The van der Waals surface area contributed by atoms with Gasteiger partial charge in [-0.15, -0.1) is 0 Å². The number of carbonyl (C=O) groups is 2. The molecule has 3 aliphatic rings. The molecule has 6 heteroatoms. The van der Waals surface area contributed by atoms with Crippen LogP contribution in [0.3, 0.4) is 0 Å². The molecule has 1 aromatic carbocycles. The molecule has 2 fully saturated rings. The van der Waals surface area contributed by atoms with Crippen molar-refractivity contribution >= 4 is 17.7 Å². The molecular weight excluding hydrogens is 308 g/mol. The maximum Gasteiger partial charge on any atom is 0.411 e. The van der Waals surface area contributed by atoms with Gasteiger partial charge in [0.1, 0.15) is 12.8 Å². The van der Waals surface area contributed by atoms with Crippen LogP contribution >= 0.6 is 0 Å². The van der Waals surface area contributed by atoms with Gasteiger partial charge in [0.2, 0.25) is 0 Å². The van der Waals surface area contributed by atoms with Crippen molar-refractivity contribution in [1.82, 2.24) is 4.90 Å². The topological polar surface area (TPSA) is 59.1 Å². The number of fused-ring (bicyclic) bond motifs is 5. The number of esters is 1. The van der Waals surface area contributed by atoms with E-state index in [-0.39, 0.29) is 30.2 Å². The first-order chi connectivity index (χ1) is 11.5. The van der Waals surface area contributed by atoms with Gasteiger partial charge in [0.05, 0.1) is 24.0 Å². The van der Waals surface area contributed by atoms with E-state index in [0.717, 1.165) is 11.3 Å². The number of benzene rings is 1. The van der Waals surface area contributed by atoms with Crippen LogP contribution < -0.4 is 4.90 Å². The number of rotatable bonds is 3. The van der Waals surface area contributed by atoms with Crippen LogP contribution in [-0.2, 0) is 19.7 Å². The lowest BCUT2D eigenvalue weighted by Gasteiger charge is -2.38. The zero-order valence-electron chi connectivity index (χ0n) is 14.2. The highest BCUT2D eigenvalue weighted by Crippen LogP contribution is 2.58. The van der Waals surface area contributed by atoms with Gasteiger partial charge in [-0.25, -0.2) is 4.79 Å². The number of likely N-dealkylation sites (N-methyl/N-ethyl adjacent to an activating group) is 1. The second-order valence-corrected chi connectivity index (χ2v) is 6.86. The van der Waals surface area contributed by atoms with Crippen molar-refractivity contribution in [3.05, 3.63) is 29.8 Å². The Labute approximate surface area is 141 Å². The molecule has 3 aliphatic heterocycles. The molecule has 24 heavy (non-hydrogen) atoms. The van der Waals surface area contributed by atoms with Crippen LogP contribution in [0.4, 0.5) is 10.5 Å². The van der Waals surface area contributed by atoms with Crippen molar-refractivity contribution in [2.45, 2.75) is 37.9 Å². The molecule has 6 nitrogen and oxygen atoms in total. The number of ether oxygens (including phenoxy) is 2. The van der Waals surface area contributed by atoms with Crippen LogP contribution in [0.1, 0.15) is 25.8 Å². The highest BCUT2D eigenvalue weighted by atomic mass is 16.6. The Balaban J connectivity index is 1.87. The fourth-order valence-corrected chi connectivity index (χ4v) is 4.87. The molecule has 1 amide bonds. The molecule has 0 bridgehead atoms. The van der Waals surface area contributed by atoms with Crippen LogP contribution in [0, 0.1) is 5.92 Å². The molecular formula is C18H22N2O4. The van der Waals surface area contributed by atoms with Crippen molar-refractivity contribution in [3.63, 3.8) is 0 Å². The van der Waals surface area contributed by atoms with Crippen molar-refractivity contribution in [2.75, 3.05) is 25.2 Å². The summed E-state index contributed by atoms with van der Waals surface area (Å²) in [5, 5.41) is 0. The Bertz CT molecular complexity index is 706. The zero-order valence-corrected chi connectivity index (χ0v) is 14.2. The summed E-state index contributed by atoms with van der Waals surface area (Å²) in [4.78, 5) is 28.8. The van der Waals surface area contributed by atoms with E-state index in [1.165, 1.54) is 0 Å². The minimum absolute atomic E-state index is 0.00943. The van der Waals surface area contributed by atoms with Gasteiger partial charge in [0.15, 0.2) is 0 Å². The largest absolute Gasteiger partial charge is 0.466 e. The Morgan fingerprint density at radius 1 is 1.46 bits per heavy atom. The predicted molar refractivity (Wildman–Crippen MR) is 87.7 cm³/mol. The van der Waals surface area contributed by atoms with Gasteiger partial charge in [0, 0.05) is 12.7 Å². The van der Waals surface area contributed by atoms with E-state index in [4.69, 9.17) is 9.47 Å². The molecule has 128 valence electrons. The number of carbonyl (C=O) groups excluding carboxylic acids is 2. The fraction of sp³-hybridized carbons (Fsp3) is 0.556. The van der Waals surface area contributed by atoms with Gasteiger partial charge in [-0.1, -0.05) is 25.1 Å². The third-order valence-corrected chi connectivity index (χ3v) is 5.87. The molecule has 0 spiro atoms. The van der Waals surface area contributed by atoms with Gasteiger partial charge in [-0.3, -0.25) is 9.69 Å². The molecule has 0 N–H and O–H groups in total. The van der Waals surface area contributed by atoms with E-state index < -0.39 is 5.41 Å². The zero-order chi connectivity index (χ0) is 17.1. The Kier molecular flexibility index (Phi) is 3.27. The molecule has 2 saturated heterocycles. The Morgan fingerprint density at radius 3 is 2.96 bits per heavy atom. The second-order valence-electron chi connectivity index (χ2n) is 6.86. The number of anilines is 1. The Morgan fingerprint density at radius 2 is 2.21 bits per heavy atom. The summed E-state index contributed by atoms with van der Waals surface area (Å²) in [5.74, 6) is -0.547. The van der Waals surface area contributed by atoms with E-state index in [1.807, 2.05) is 44.0 Å². The average Bonchev–Trinajstić information content (AvgIpc) is 3.18. The summed E-state index contributed by atoms with van der Waals surface area (Å²) in [6.07, 6.45) is 0.210. The predicted octanol–water partition coefficient (Wildman–Crippen LogP) is 2.12. The molecule has 0 aromatic heterocycles. The number of nitrogens with zero attached hydrogens (tertiary/aromatic N) is 2. The van der Waals surface area contributed by atoms with Gasteiger partial charge >= 0.3 is 12.1 Å². The smallest absolute Gasteiger partial charge is 0.411 e. The van der Waals surface area contributed by atoms with Gasteiger partial charge in [-0.2, -0.15) is 0 Å². The lowest BCUT2D eigenvalue weighted by molar-refractivity contribution is -0.150. The van der Waals surface area contributed by atoms with Crippen LogP contribution in [0.25, 0.3) is 0 Å². The van der Waals surface area contributed by atoms with Crippen LogP contribution in [-0.4, -0.2) is 49.4 Å². The van der Waals surface area contributed by atoms with E-state index in [0.29, 0.717) is 19.6 Å². The summed E-state index contributed by atoms with van der Waals surface area (Å²) in [6.45, 7) is 4.49. The molecule has 3 heterocycles. The number of cyclic esters (lactones) is 1. The number of amides is 1. The van der Waals surface area contributed by atoms with Gasteiger partial charge in [0.25, 0.3) is 0 Å². The van der Waals surface area contributed by atoms with E-state index in [9.17, 15) is 9.59 Å². The van der Waals surface area contributed by atoms with Crippen LogP contribution in [0.15, 0.2) is 24.3 Å². The summed E-state index contributed by atoms with van der Waals surface area (Å²) >= 11 is 0. The monoisotopic (exact) mass is 330 g/mol. The number of hydrogen-bond acceptors (Lipinski definition) is 5. The first-order valence-electron chi connectivity index (χ1n) is 8.46. The minimum atomic E-state index is -0.457. The van der Waals surface area contributed by atoms with Crippen molar-refractivity contribution in [3.8, 4) is 0 Å². The maximum absolute atomic E-state index is 12.6. The van der Waals surface area contributed by atoms with Crippen molar-refractivity contribution in [2.24, 2.45) is 5.92 Å². The number of para-hydroxylation sites is 1. The number of hydrogen-bond donors (Lipinski definition) is 0. The van der Waals surface area contributed by atoms with Crippen LogP contribution in [0.2, 0.25) is 0 Å². The Hall–Kier alpha value is -2.24. The fourth-order valence-electron chi connectivity index (χ4n) is 4.87. The molecule has 4 atom stereocenters. The molecule has 1 aromatic rings. The summed E-state index contributed by atoms with van der Waals surface area (Å²) < 4.78 is 10.6. The average molecular weight is 330 g/mol. The highest BCUT2D eigenvalue weighted by molar-refractivity contribution is 5.81. The molecule has 0 saturated carbocycles. The summed E-state index contributed by atoms with van der Waals surface area (Å²) in [5.41, 5.74) is 1.74. The first kappa shape index (κ1) is 15.3. The lowest BCUT2D eigenvalue weighted by atomic mass is 9.69. The normalized spacial score (nSPS) is 31.4. The van der Waals surface area contributed by atoms with Crippen molar-refractivity contribution < 1.29 is 19.1 Å². The standard InChI is InChI=1S/C18H22N2O4/c1-4-23-15(21)11(2)18-9-12-10-24-17(22)20(12)16(18)19(3)14-8-6-5-7-13(14)18/h5-8,11-12,16H,4,9-10H2,1-3H3/t11?,12-,16-,18+/m0/s1. The van der Waals surface area contributed by atoms with Gasteiger partial charge in [-0.05, 0) is 25.0 Å².